The summed E-state index contributed by atoms with van der Waals surface area (Å²) in [5.74, 6) is -0.999. The van der Waals surface area contributed by atoms with E-state index in [4.69, 9.17) is 15.2 Å². The van der Waals surface area contributed by atoms with Crippen molar-refractivity contribution in [2.45, 2.75) is 95.9 Å². The van der Waals surface area contributed by atoms with Crippen molar-refractivity contribution in [1.29, 1.82) is 5.41 Å². The Morgan fingerprint density at radius 1 is 0.881 bits per heavy atom. The second-order valence-corrected chi connectivity index (χ2v) is 18.7. The van der Waals surface area contributed by atoms with Crippen molar-refractivity contribution in [3.63, 3.8) is 0 Å². The summed E-state index contributed by atoms with van der Waals surface area (Å²) in [6, 6.07) is 7.87. The second kappa shape index (κ2) is 16.6. The topological polar surface area (TPSA) is 153 Å². The number of hydrogen-bond acceptors (Lipinski definition) is 11. The molecule has 348 valence electrons. The van der Waals surface area contributed by atoms with Crippen LogP contribution in [0.25, 0.3) is 16.8 Å². The number of alkyl halides is 2. The van der Waals surface area contributed by atoms with Crippen LogP contribution >= 0.6 is 0 Å². The number of aromatic nitrogens is 4. The fraction of sp³-hybridized carbons (Fsp3) is 0.449. The molecular formula is C49H51F3N10O5. The Kier molecular flexibility index (Phi) is 10.7. The molecule has 1 unspecified atom stereocenters. The van der Waals surface area contributed by atoms with Crippen molar-refractivity contribution in [2.75, 3.05) is 56.2 Å². The first-order valence-electron chi connectivity index (χ1n) is 23.2. The number of piperidine rings is 1. The number of amides is 2. The monoisotopic (exact) mass is 916 g/mol. The molecule has 5 aliphatic heterocycles. The number of carbonyl (C=O) groups excluding carboxylic acids is 4. The normalized spacial score (nSPS) is 21.5. The molecular weight excluding hydrogens is 866 g/mol. The van der Waals surface area contributed by atoms with Crippen LogP contribution in [-0.2, 0) is 40.3 Å². The SMILES string of the molecule is COc1cn2ccnc2cc1-c1cc2c(cc1C(F)F)N(c1nn(C3CCN([C@@H]4CCN(c5ccc6c(c5F)CN(C5CCC(=O)C(=N)C5=O)C6=O)C4)CC3)c3c1CN(C(C)=O)CC3)CCC2. The van der Waals surface area contributed by atoms with Gasteiger partial charge in [-0.1, -0.05) is 0 Å². The summed E-state index contributed by atoms with van der Waals surface area (Å²) in [4.78, 5) is 65.0. The summed E-state index contributed by atoms with van der Waals surface area (Å²) >= 11 is 0. The van der Waals surface area contributed by atoms with Gasteiger partial charge in [-0.25, -0.2) is 18.2 Å². The van der Waals surface area contributed by atoms with Crippen molar-refractivity contribution in [2.24, 2.45) is 0 Å². The summed E-state index contributed by atoms with van der Waals surface area (Å²) in [6.07, 6.45) is 7.17. The molecule has 67 heavy (non-hydrogen) atoms. The van der Waals surface area contributed by atoms with E-state index in [1.165, 1.54) is 12.0 Å². The third-order valence-corrected chi connectivity index (χ3v) is 15.1. The van der Waals surface area contributed by atoms with Gasteiger partial charge in [-0.3, -0.25) is 34.2 Å². The number of imidazole rings is 1. The number of likely N-dealkylation sites (tertiary alicyclic amines) is 1. The molecule has 0 bridgehead atoms. The largest absolute Gasteiger partial charge is 0.495 e. The molecule has 2 amide bonds. The Hall–Kier alpha value is -6.56. The minimum atomic E-state index is -2.77. The first kappa shape index (κ1) is 43.0. The lowest BCUT2D eigenvalue weighted by atomic mass is 9.90. The first-order valence-corrected chi connectivity index (χ1v) is 23.2. The van der Waals surface area contributed by atoms with Gasteiger partial charge in [-0.15, -0.1) is 0 Å². The van der Waals surface area contributed by atoms with Gasteiger partial charge in [0.05, 0.1) is 44.2 Å². The number of hydrogen-bond donors (Lipinski definition) is 1. The fourth-order valence-corrected chi connectivity index (χ4v) is 11.5. The summed E-state index contributed by atoms with van der Waals surface area (Å²) < 4.78 is 56.4. The summed E-state index contributed by atoms with van der Waals surface area (Å²) in [7, 11) is 1.53. The van der Waals surface area contributed by atoms with E-state index in [-0.39, 0.29) is 54.1 Å². The highest BCUT2D eigenvalue weighted by Crippen LogP contribution is 2.46. The molecule has 2 atom stereocenters. The summed E-state index contributed by atoms with van der Waals surface area (Å²) in [5, 5.41) is 13.2. The minimum Gasteiger partial charge on any atom is -0.495 e. The van der Waals surface area contributed by atoms with Crippen LogP contribution in [0.1, 0.15) is 96.2 Å². The molecule has 3 aromatic heterocycles. The zero-order valence-electron chi connectivity index (χ0n) is 37.4. The number of halogens is 3. The molecule has 8 heterocycles. The Morgan fingerprint density at radius 3 is 2.46 bits per heavy atom. The lowest BCUT2D eigenvalue weighted by Gasteiger charge is -2.37. The molecule has 11 rings (SSSR count). The highest BCUT2D eigenvalue weighted by molar-refractivity contribution is 6.67. The van der Waals surface area contributed by atoms with E-state index in [0.717, 1.165) is 55.6 Å². The Labute approximate surface area is 384 Å². The number of nitrogens with zero attached hydrogens (tertiary/aromatic N) is 9. The number of nitrogens with one attached hydrogen (secondary N) is 1. The van der Waals surface area contributed by atoms with Gasteiger partial charge in [0.1, 0.15) is 17.1 Å². The van der Waals surface area contributed by atoms with Crippen LogP contribution in [0.2, 0.25) is 0 Å². The number of ketones is 2. The number of carbonyl (C=O) groups is 4. The Balaban J connectivity index is 0.825. The maximum atomic E-state index is 16.3. The number of benzene rings is 2. The van der Waals surface area contributed by atoms with Gasteiger partial charge in [0.25, 0.3) is 12.3 Å². The molecule has 2 aromatic carbocycles. The van der Waals surface area contributed by atoms with Gasteiger partial charge >= 0.3 is 0 Å². The molecule has 3 fully saturated rings. The number of aryl methyl sites for hydroxylation is 1. The van der Waals surface area contributed by atoms with Crippen LogP contribution < -0.4 is 14.5 Å². The van der Waals surface area contributed by atoms with Crippen molar-refractivity contribution in [3.8, 4) is 16.9 Å². The molecule has 0 spiro atoms. The number of fused-ring (bicyclic) bond motifs is 4. The molecule has 2 saturated heterocycles. The Bertz CT molecular complexity index is 2900. The highest BCUT2D eigenvalue weighted by Gasteiger charge is 2.44. The van der Waals surface area contributed by atoms with Gasteiger partial charge in [0, 0.05) is 117 Å². The van der Waals surface area contributed by atoms with Gasteiger partial charge in [-0.2, -0.15) is 5.10 Å². The average molecular weight is 917 g/mol. The smallest absolute Gasteiger partial charge is 0.264 e. The van der Waals surface area contributed by atoms with Crippen LogP contribution in [-0.4, -0.2) is 121 Å². The van der Waals surface area contributed by atoms with Crippen molar-refractivity contribution >= 4 is 51.9 Å². The van der Waals surface area contributed by atoms with Gasteiger partial charge < -0.3 is 28.7 Å². The number of Topliss-reactive ketones (excluding diaryl/α,β-unsaturated/α-hetero) is 2. The number of rotatable bonds is 8. The lowest BCUT2D eigenvalue weighted by Crippen LogP contribution is -2.49. The lowest BCUT2D eigenvalue weighted by molar-refractivity contribution is -0.129. The average Bonchev–Trinajstić information content (AvgIpc) is 4.16. The van der Waals surface area contributed by atoms with Crippen molar-refractivity contribution in [1.82, 2.24) is 33.9 Å². The predicted octanol–water partition coefficient (Wildman–Crippen LogP) is 6.46. The molecule has 15 nitrogen and oxygen atoms in total. The van der Waals surface area contributed by atoms with Gasteiger partial charge in [0.15, 0.2) is 17.4 Å². The number of anilines is 3. The minimum absolute atomic E-state index is 0.00495. The molecule has 1 N–H and O–H groups in total. The summed E-state index contributed by atoms with van der Waals surface area (Å²) in [5.41, 5.74) is 5.42. The van der Waals surface area contributed by atoms with Gasteiger partial charge in [0.2, 0.25) is 11.7 Å². The van der Waals surface area contributed by atoms with E-state index in [1.54, 1.807) is 54.2 Å². The Morgan fingerprint density at radius 2 is 1.69 bits per heavy atom. The van der Waals surface area contributed by atoms with E-state index < -0.39 is 41.5 Å². The van der Waals surface area contributed by atoms with Crippen molar-refractivity contribution in [3.05, 3.63) is 88.3 Å². The number of pyridine rings is 1. The molecule has 18 heteroatoms. The van der Waals surface area contributed by atoms with Crippen LogP contribution in [0, 0.1) is 11.2 Å². The zero-order chi connectivity index (χ0) is 46.4. The van der Waals surface area contributed by atoms with E-state index in [1.807, 2.05) is 15.9 Å². The molecule has 0 radical (unpaired) electrons. The maximum absolute atomic E-state index is 16.3. The van der Waals surface area contributed by atoms with E-state index in [0.29, 0.717) is 85.3 Å². The first-order chi connectivity index (χ1) is 32.4. The van der Waals surface area contributed by atoms with Crippen LogP contribution in [0.3, 0.4) is 0 Å². The highest BCUT2D eigenvalue weighted by atomic mass is 19.3. The molecule has 6 aliphatic rings. The number of methoxy groups -OCH3 is 1. The summed E-state index contributed by atoms with van der Waals surface area (Å²) in [6.45, 7) is 5.90. The molecule has 1 saturated carbocycles. The molecule has 1 aliphatic carbocycles. The number of ether oxygens (including phenoxy) is 1. The van der Waals surface area contributed by atoms with Crippen LogP contribution in [0.15, 0.2) is 48.9 Å². The standard InChI is InChI=1S/C49H51F3N10O5/c1-27(63)57-18-12-37-36(24-57)48(60-14-3-4-28-20-32(34(47(51)52)21-40(28)60)33-22-43-54-13-19-59(43)26-42(33)67-2)55-62(37)29-9-15-56(16-10-29)30-11-17-58(23-30)38-6-5-31-35(44(38)50)25-61(49(31)66)39-7-8-41(64)45(53)46(39)65/h5-6,13,19-22,26,29-30,39,47,53H,3-4,7-12,14-18,23-25H2,1-2H3/t30-,39?/m1/s1. The van der Waals surface area contributed by atoms with Crippen molar-refractivity contribution < 1.29 is 37.1 Å². The van der Waals surface area contributed by atoms with E-state index >= 15 is 13.2 Å². The van der Waals surface area contributed by atoms with E-state index in [9.17, 15) is 19.2 Å². The fourth-order valence-electron chi connectivity index (χ4n) is 11.5. The van der Waals surface area contributed by atoms with Gasteiger partial charge in [-0.05, 0) is 80.0 Å². The molecule has 5 aromatic rings. The zero-order valence-corrected chi connectivity index (χ0v) is 37.4. The third kappa shape index (κ3) is 7.17. The predicted molar refractivity (Wildman–Crippen MR) is 242 cm³/mol. The van der Waals surface area contributed by atoms with Crippen LogP contribution in [0.4, 0.5) is 30.4 Å². The van der Waals surface area contributed by atoms with E-state index in [2.05, 4.69) is 19.5 Å². The van der Waals surface area contributed by atoms with Crippen LogP contribution in [0.5, 0.6) is 5.75 Å². The maximum Gasteiger partial charge on any atom is 0.264 e. The second-order valence-electron chi connectivity index (χ2n) is 18.7. The quantitative estimate of drug-likeness (QED) is 0.184. The third-order valence-electron chi connectivity index (χ3n) is 15.1.